The molecule has 0 atom stereocenters. The molecule has 106 valence electrons. The summed E-state index contributed by atoms with van der Waals surface area (Å²) in [7, 11) is 0. The highest BCUT2D eigenvalue weighted by Gasteiger charge is 2.31. The molecule has 5 nitrogen and oxygen atoms in total. The Bertz CT molecular complexity index is 693. The van der Waals surface area contributed by atoms with Crippen LogP contribution >= 0.6 is 0 Å². The maximum atomic E-state index is 12.1. The van der Waals surface area contributed by atoms with E-state index < -0.39 is 12.1 Å². The highest BCUT2D eigenvalue weighted by atomic mass is 19.4. The number of nitriles is 1. The zero-order valence-electron chi connectivity index (χ0n) is 10.4. The fourth-order valence-corrected chi connectivity index (χ4v) is 1.44. The Morgan fingerprint density at radius 2 is 1.95 bits per heavy atom. The minimum Gasteiger partial charge on any atom is -0.406 e. The van der Waals surface area contributed by atoms with E-state index in [9.17, 15) is 13.2 Å². The number of halogens is 3. The van der Waals surface area contributed by atoms with Crippen molar-refractivity contribution in [3.8, 4) is 11.8 Å². The Hall–Kier alpha value is -2.95. The maximum absolute atomic E-state index is 12.1. The van der Waals surface area contributed by atoms with E-state index in [0.717, 1.165) is 12.1 Å². The molecule has 0 fully saturated rings. The largest absolute Gasteiger partial charge is 0.573 e. The van der Waals surface area contributed by atoms with Crippen LogP contribution in [0.5, 0.6) is 5.75 Å². The number of nitrogens with zero attached hydrogens (tertiary/aromatic N) is 4. The van der Waals surface area contributed by atoms with Crippen molar-refractivity contribution in [3.63, 3.8) is 0 Å². The van der Waals surface area contributed by atoms with E-state index in [4.69, 9.17) is 5.26 Å². The molecule has 2 rings (SSSR count). The maximum Gasteiger partial charge on any atom is 0.573 e. The van der Waals surface area contributed by atoms with Gasteiger partial charge in [-0.05, 0) is 12.1 Å². The third kappa shape index (κ3) is 4.28. The molecule has 1 heterocycles. The molecular weight excluding hydrogens is 285 g/mol. The number of benzene rings is 1. The van der Waals surface area contributed by atoms with Crippen LogP contribution in [-0.2, 0) is 0 Å². The van der Waals surface area contributed by atoms with Crippen LogP contribution in [-0.4, -0.2) is 22.5 Å². The molecule has 0 saturated carbocycles. The van der Waals surface area contributed by atoms with Crippen LogP contribution in [0.2, 0.25) is 0 Å². The molecule has 1 aromatic heterocycles. The second-order valence-corrected chi connectivity index (χ2v) is 3.77. The summed E-state index contributed by atoms with van der Waals surface area (Å²) in [6.45, 7) is 0. The molecule has 0 bridgehead atoms. The first-order valence-corrected chi connectivity index (χ1v) is 5.57. The average Bonchev–Trinajstić information content (AvgIpc) is 2.45. The van der Waals surface area contributed by atoms with Gasteiger partial charge in [0, 0.05) is 30.2 Å². The minimum atomic E-state index is -4.81. The van der Waals surface area contributed by atoms with Crippen molar-refractivity contribution < 1.29 is 17.9 Å². The highest BCUT2D eigenvalue weighted by Crippen LogP contribution is 2.28. The molecule has 2 aromatic rings. The van der Waals surface area contributed by atoms with E-state index >= 15 is 0 Å². The smallest absolute Gasteiger partial charge is 0.406 e. The van der Waals surface area contributed by atoms with Gasteiger partial charge >= 0.3 is 6.36 Å². The van der Waals surface area contributed by atoms with E-state index in [-0.39, 0.29) is 11.3 Å². The van der Waals surface area contributed by atoms with E-state index in [1.165, 1.54) is 31.0 Å². The molecule has 1 aromatic carbocycles. The first-order valence-electron chi connectivity index (χ1n) is 5.57. The predicted octanol–water partition coefficient (Wildman–Crippen LogP) is 3.00. The van der Waals surface area contributed by atoms with E-state index in [1.807, 2.05) is 0 Å². The first kappa shape index (κ1) is 14.5. The SMILES string of the molecule is N#Cc1cc(OC(F)(F)F)ccc1/N=C/c1cncnc1. The molecule has 21 heavy (non-hydrogen) atoms. The molecule has 0 unspecified atom stereocenters. The van der Waals surface area contributed by atoms with Gasteiger partial charge in [-0.15, -0.1) is 13.2 Å². The third-order valence-corrected chi connectivity index (χ3v) is 2.26. The van der Waals surface area contributed by atoms with Gasteiger partial charge in [0.25, 0.3) is 0 Å². The summed E-state index contributed by atoms with van der Waals surface area (Å²) in [5.41, 5.74) is 0.776. The molecule has 0 aliphatic rings. The number of aliphatic imine (C=N–C) groups is 1. The summed E-state index contributed by atoms with van der Waals surface area (Å²) in [6, 6.07) is 5.09. The van der Waals surface area contributed by atoms with Crippen LogP contribution in [0.25, 0.3) is 0 Å². The van der Waals surface area contributed by atoms with Crippen molar-refractivity contribution in [2.45, 2.75) is 6.36 Å². The Kier molecular flexibility index (Phi) is 4.13. The lowest BCUT2D eigenvalue weighted by Gasteiger charge is -2.09. The topological polar surface area (TPSA) is 71.2 Å². The molecule has 0 aliphatic heterocycles. The van der Waals surface area contributed by atoms with Gasteiger partial charge in [0.1, 0.15) is 18.1 Å². The predicted molar refractivity (Wildman–Crippen MR) is 67.1 cm³/mol. The van der Waals surface area contributed by atoms with Crippen molar-refractivity contribution in [3.05, 3.63) is 48.0 Å². The van der Waals surface area contributed by atoms with Crippen molar-refractivity contribution in [2.75, 3.05) is 0 Å². The zero-order valence-corrected chi connectivity index (χ0v) is 10.4. The summed E-state index contributed by atoms with van der Waals surface area (Å²) in [4.78, 5) is 11.6. The second kappa shape index (κ2) is 6.00. The van der Waals surface area contributed by atoms with Crippen molar-refractivity contribution in [2.24, 2.45) is 4.99 Å². The van der Waals surface area contributed by atoms with Gasteiger partial charge in [-0.1, -0.05) is 0 Å². The molecular formula is C13H7F3N4O. The Morgan fingerprint density at radius 1 is 1.24 bits per heavy atom. The number of ether oxygens (including phenoxy) is 1. The Labute approximate surface area is 117 Å². The molecule has 8 heteroatoms. The lowest BCUT2D eigenvalue weighted by Crippen LogP contribution is -2.17. The van der Waals surface area contributed by atoms with Crippen LogP contribution in [0.15, 0.2) is 41.9 Å². The summed E-state index contributed by atoms with van der Waals surface area (Å²) < 4.78 is 40.0. The number of hydrogen-bond donors (Lipinski definition) is 0. The summed E-state index contributed by atoms with van der Waals surface area (Å²) in [5.74, 6) is -0.471. The molecule has 0 radical (unpaired) electrons. The molecule has 0 aliphatic carbocycles. The van der Waals surface area contributed by atoms with E-state index in [2.05, 4.69) is 19.7 Å². The fourth-order valence-electron chi connectivity index (χ4n) is 1.44. The monoisotopic (exact) mass is 292 g/mol. The van der Waals surface area contributed by atoms with Gasteiger partial charge < -0.3 is 4.74 Å². The molecule has 0 N–H and O–H groups in total. The van der Waals surface area contributed by atoms with Gasteiger partial charge in [-0.3, -0.25) is 4.99 Å². The van der Waals surface area contributed by atoms with Crippen LogP contribution in [0.1, 0.15) is 11.1 Å². The van der Waals surface area contributed by atoms with Gasteiger partial charge in [-0.2, -0.15) is 5.26 Å². The Morgan fingerprint density at radius 3 is 2.57 bits per heavy atom. The molecule has 0 saturated heterocycles. The normalized spacial score (nSPS) is 11.3. The van der Waals surface area contributed by atoms with Crippen molar-refractivity contribution in [1.82, 2.24) is 9.97 Å². The second-order valence-electron chi connectivity index (χ2n) is 3.77. The first-order chi connectivity index (χ1) is 9.98. The molecule has 0 spiro atoms. The molecule has 0 amide bonds. The fraction of sp³-hybridized carbons (Fsp3) is 0.0769. The van der Waals surface area contributed by atoms with Crippen molar-refractivity contribution >= 4 is 11.9 Å². The van der Waals surface area contributed by atoms with E-state index in [0.29, 0.717) is 5.56 Å². The quantitative estimate of drug-likeness (QED) is 0.815. The number of hydrogen-bond acceptors (Lipinski definition) is 5. The van der Waals surface area contributed by atoms with Crippen molar-refractivity contribution in [1.29, 1.82) is 5.26 Å². The van der Waals surface area contributed by atoms with Crippen LogP contribution < -0.4 is 4.74 Å². The minimum absolute atomic E-state index is 0.0372. The lowest BCUT2D eigenvalue weighted by molar-refractivity contribution is -0.274. The number of alkyl halides is 3. The van der Waals surface area contributed by atoms with Crippen LogP contribution in [0.3, 0.4) is 0 Å². The highest BCUT2D eigenvalue weighted by molar-refractivity contribution is 5.81. The summed E-state index contributed by atoms with van der Waals surface area (Å²) in [6.07, 6.45) is 0.952. The van der Waals surface area contributed by atoms with Crippen LogP contribution in [0.4, 0.5) is 18.9 Å². The number of aromatic nitrogens is 2. The van der Waals surface area contributed by atoms with Gasteiger partial charge in [-0.25, -0.2) is 9.97 Å². The van der Waals surface area contributed by atoms with Crippen LogP contribution in [0, 0.1) is 11.3 Å². The van der Waals surface area contributed by atoms with Gasteiger partial charge in [0.05, 0.1) is 11.3 Å². The Balaban J connectivity index is 2.25. The summed E-state index contributed by atoms with van der Waals surface area (Å²) in [5, 5.41) is 8.95. The standard InChI is InChI=1S/C13H7F3N4O/c14-13(15,16)21-11-1-2-12(10(3-11)4-17)20-7-9-5-18-8-19-6-9/h1-3,5-8H/b20-7+. The summed E-state index contributed by atoms with van der Waals surface area (Å²) >= 11 is 0. The van der Waals surface area contributed by atoms with Gasteiger partial charge in [0.2, 0.25) is 0 Å². The lowest BCUT2D eigenvalue weighted by atomic mass is 10.2. The van der Waals surface area contributed by atoms with Gasteiger partial charge in [0.15, 0.2) is 0 Å². The zero-order chi connectivity index (χ0) is 15.3. The number of rotatable bonds is 3. The third-order valence-electron chi connectivity index (χ3n) is 2.26. The van der Waals surface area contributed by atoms with E-state index in [1.54, 1.807) is 6.07 Å². The average molecular weight is 292 g/mol.